The first-order valence-electron chi connectivity index (χ1n) is 6.44. The summed E-state index contributed by atoms with van der Waals surface area (Å²) in [6, 6.07) is 3.89. The Labute approximate surface area is 122 Å². The van der Waals surface area contributed by atoms with Crippen LogP contribution < -0.4 is 4.74 Å². The van der Waals surface area contributed by atoms with Crippen LogP contribution in [0.2, 0.25) is 0 Å². The van der Waals surface area contributed by atoms with E-state index in [4.69, 9.17) is 9.47 Å². The molecular weight excluding hydrogens is 308 g/mol. The van der Waals surface area contributed by atoms with Crippen LogP contribution in [0.4, 0.5) is 0 Å². The van der Waals surface area contributed by atoms with E-state index >= 15 is 0 Å². The minimum absolute atomic E-state index is 0.108. The van der Waals surface area contributed by atoms with Crippen LogP contribution in [0.15, 0.2) is 12.1 Å². The fraction of sp³-hybridized carbons (Fsp3) is 0.533. The summed E-state index contributed by atoms with van der Waals surface area (Å²) in [4.78, 5) is 11.7. The maximum absolute atomic E-state index is 11.7. The molecule has 19 heavy (non-hydrogen) atoms. The first kappa shape index (κ1) is 14.4. The van der Waals surface area contributed by atoms with Crippen molar-refractivity contribution in [3.63, 3.8) is 0 Å². The van der Waals surface area contributed by atoms with Gasteiger partial charge in [0.2, 0.25) is 0 Å². The Morgan fingerprint density at radius 1 is 1.53 bits per heavy atom. The summed E-state index contributed by atoms with van der Waals surface area (Å²) >= 11 is 3.52. The maximum atomic E-state index is 11.7. The Hall–Kier alpha value is -1.03. The quantitative estimate of drug-likeness (QED) is 0.628. The van der Waals surface area contributed by atoms with Crippen molar-refractivity contribution >= 4 is 21.9 Å². The molecule has 2 rings (SSSR count). The zero-order valence-electron chi connectivity index (χ0n) is 11.6. The van der Waals surface area contributed by atoms with E-state index in [2.05, 4.69) is 28.9 Å². The lowest BCUT2D eigenvalue weighted by atomic mass is 9.75. The van der Waals surface area contributed by atoms with Gasteiger partial charge in [0, 0.05) is 16.3 Å². The van der Waals surface area contributed by atoms with E-state index in [-0.39, 0.29) is 11.4 Å². The molecule has 0 aromatic heterocycles. The highest BCUT2D eigenvalue weighted by Gasteiger charge is 2.33. The second kappa shape index (κ2) is 5.53. The fourth-order valence-corrected chi connectivity index (χ4v) is 3.47. The molecule has 4 heteroatoms. The van der Waals surface area contributed by atoms with Gasteiger partial charge in [-0.25, -0.2) is 4.79 Å². The molecule has 1 aliphatic rings. The third-order valence-electron chi connectivity index (χ3n) is 3.94. The van der Waals surface area contributed by atoms with Crippen molar-refractivity contribution in [2.45, 2.75) is 32.1 Å². The average Bonchev–Trinajstić information content (AvgIpc) is 2.39. The highest BCUT2D eigenvalue weighted by Crippen LogP contribution is 2.42. The molecule has 1 heterocycles. The summed E-state index contributed by atoms with van der Waals surface area (Å²) in [6.07, 6.45) is 2.06. The summed E-state index contributed by atoms with van der Waals surface area (Å²) in [6.45, 7) is 4.89. The molecule has 1 atom stereocenters. The Morgan fingerprint density at radius 2 is 2.26 bits per heavy atom. The molecule has 0 saturated heterocycles. The predicted octanol–water partition coefficient (Wildman–Crippen LogP) is 3.61. The first-order valence-corrected chi connectivity index (χ1v) is 7.56. The van der Waals surface area contributed by atoms with E-state index in [1.165, 1.54) is 12.7 Å². The number of methoxy groups -OCH3 is 1. The lowest BCUT2D eigenvalue weighted by Crippen LogP contribution is -2.30. The van der Waals surface area contributed by atoms with Crippen LogP contribution in [-0.4, -0.2) is 25.0 Å². The smallest absolute Gasteiger partial charge is 0.338 e. The minimum Gasteiger partial charge on any atom is -0.493 e. The van der Waals surface area contributed by atoms with Crippen LogP contribution in [0.5, 0.6) is 5.75 Å². The number of hydrogen-bond acceptors (Lipinski definition) is 3. The number of rotatable bonds is 3. The average molecular weight is 327 g/mol. The summed E-state index contributed by atoms with van der Waals surface area (Å²) < 4.78 is 10.5. The monoisotopic (exact) mass is 326 g/mol. The molecule has 0 saturated carbocycles. The molecular formula is C15H19BrO3. The van der Waals surface area contributed by atoms with Gasteiger partial charge in [-0.2, -0.15) is 0 Å². The molecule has 0 radical (unpaired) electrons. The Morgan fingerprint density at radius 3 is 2.89 bits per heavy atom. The molecule has 1 aromatic carbocycles. The van der Waals surface area contributed by atoms with Crippen LogP contribution in [0.3, 0.4) is 0 Å². The molecule has 1 aromatic rings. The van der Waals surface area contributed by atoms with Crippen LogP contribution in [-0.2, 0) is 10.2 Å². The molecule has 1 aliphatic heterocycles. The van der Waals surface area contributed by atoms with E-state index in [0.29, 0.717) is 12.2 Å². The van der Waals surface area contributed by atoms with Crippen LogP contribution in [0.25, 0.3) is 0 Å². The van der Waals surface area contributed by atoms with Gasteiger partial charge < -0.3 is 9.47 Å². The van der Waals surface area contributed by atoms with Crippen molar-refractivity contribution in [3.8, 4) is 5.75 Å². The third kappa shape index (κ3) is 2.64. The van der Waals surface area contributed by atoms with E-state index in [0.717, 1.165) is 29.5 Å². The first-order chi connectivity index (χ1) is 9.01. The van der Waals surface area contributed by atoms with Crippen LogP contribution in [0, 0.1) is 6.92 Å². The molecule has 0 N–H and O–H groups in total. The zero-order valence-corrected chi connectivity index (χ0v) is 13.2. The molecule has 104 valence electrons. The SMILES string of the molecule is COC(=O)c1cc2c(cc1C)C(C)(CCBr)CCO2. The zero-order chi connectivity index (χ0) is 14.0. The van der Waals surface area contributed by atoms with Gasteiger partial charge in [0.15, 0.2) is 0 Å². The van der Waals surface area contributed by atoms with Crippen molar-refractivity contribution < 1.29 is 14.3 Å². The standard InChI is InChI=1S/C15H19BrO3/c1-10-8-12-13(9-11(10)14(17)18-3)19-7-5-15(12,2)4-6-16/h8-9H,4-7H2,1-3H3. The highest BCUT2D eigenvalue weighted by atomic mass is 79.9. The molecule has 0 amide bonds. The van der Waals surface area contributed by atoms with Crippen LogP contribution in [0.1, 0.15) is 41.3 Å². The van der Waals surface area contributed by atoms with Crippen molar-refractivity contribution in [3.05, 3.63) is 28.8 Å². The summed E-state index contributed by atoms with van der Waals surface area (Å²) in [5, 5.41) is 0.959. The Kier molecular flexibility index (Phi) is 4.19. The van der Waals surface area contributed by atoms with Crippen molar-refractivity contribution in [1.82, 2.24) is 0 Å². The number of carbonyl (C=O) groups is 1. The second-order valence-electron chi connectivity index (χ2n) is 5.25. The number of alkyl halides is 1. The molecule has 3 nitrogen and oxygen atoms in total. The number of benzene rings is 1. The lowest BCUT2D eigenvalue weighted by Gasteiger charge is -2.36. The normalized spacial score (nSPS) is 21.5. The van der Waals surface area contributed by atoms with Gasteiger partial charge in [-0.3, -0.25) is 0 Å². The van der Waals surface area contributed by atoms with Crippen molar-refractivity contribution in [1.29, 1.82) is 0 Å². The molecule has 1 unspecified atom stereocenters. The number of ether oxygens (including phenoxy) is 2. The number of hydrogen-bond donors (Lipinski definition) is 0. The van der Waals surface area contributed by atoms with Crippen molar-refractivity contribution in [2.75, 3.05) is 19.0 Å². The number of carbonyl (C=O) groups excluding carboxylic acids is 1. The van der Waals surface area contributed by atoms with Crippen molar-refractivity contribution in [2.24, 2.45) is 0 Å². The lowest BCUT2D eigenvalue weighted by molar-refractivity contribution is 0.0599. The van der Waals surface area contributed by atoms with Gasteiger partial charge in [0.1, 0.15) is 5.75 Å². The van der Waals surface area contributed by atoms with Gasteiger partial charge in [-0.1, -0.05) is 28.9 Å². The second-order valence-corrected chi connectivity index (χ2v) is 6.05. The molecule has 0 bridgehead atoms. The molecule has 0 aliphatic carbocycles. The summed E-state index contributed by atoms with van der Waals surface area (Å²) in [7, 11) is 1.40. The number of halogens is 1. The highest BCUT2D eigenvalue weighted by molar-refractivity contribution is 9.09. The van der Waals surface area contributed by atoms with Gasteiger partial charge in [-0.05, 0) is 31.4 Å². The van der Waals surface area contributed by atoms with Gasteiger partial charge in [0.05, 0.1) is 19.3 Å². The third-order valence-corrected chi connectivity index (χ3v) is 4.34. The fourth-order valence-electron chi connectivity index (χ4n) is 2.60. The van der Waals surface area contributed by atoms with E-state index in [1.807, 2.05) is 13.0 Å². The molecule has 0 fully saturated rings. The number of fused-ring (bicyclic) bond motifs is 1. The Bertz CT molecular complexity index is 498. The number of aryl methyl sites for hydroxylation is 1. The Balaban J connectivity index is 2.50. The van der Waals surface area contributed by atoms with Gasteiger partial charge in [0.25, 0.3) is 0 Å². The summed E-state index contributed by atoms with van der Waals surface area (Å²) in [5.74, 6) is 0.511. The van der Waals surface area contributed by atoms with E-state index < -0.39 is 0 Å². The molecule has 0 spiro atoms. The van der Waals surface area contributed by atoms with Gasteiger partial charge >= 0.3 is 5.97 Å². The van der Waals surface area contributed by atoms with Crippen LogP contribution >= 0.6 is 15.9 Å². The summed E-state index contributed by atoms with van der Waals surface area (Å²) in [5.41, 5.74) is 2.83. The predicted molar refractivity (Wildman–Crippen MR) is 78.4 cm³/mol. The van der Waals surface area contributed by atoms with E-state index in [9.17, 15) is 4.79 Å². The van der Waals surface area contributed by atoms with E-state index in [1.54, 1.807) is 0 Å². The maximum Gasteiger partial charge on any atom is 0.338 e. The largest absolute Gasteiger partial charge is 0.493 e. The minimum atomic E-state index is -0.309. The topological polar surface area (TPSA) is 35.5 Å². The number of esters is 1. The van der Waals surface area contributed by atoms with Gasteiger partial charge in [-0.15, -0.1) is 0 Å².